The number of para-hydroxylation sites is 1. The largest absolute Gasteiger partial charge is 0.258 e. The van der Waals surface area contributed by atoms with E-state index in [0.29, 0.717) is 0 Å². The molecule has 0 N–H and O–H groups in total. The van der Waals surface area contributed by atoms with Crippen LogP contribution >= 0.6 is 11.6 Å². The lowest BCUT2D eigenvalue weighted by Crippen LogP contribution is -2.18. The molecule has 0 spiro atoms. The number of benzene rings is 2. The molecule has 0 bridgehead atoms. The van der Waals surface area contributed by atoms with Gasteiger partial charge in [0, 0.05) is 17.2 Å². The third kappa shape index (κ3) is 2.49. The molecule has 0 saturated carbocycles. The van der Waals surface area contributed by atoms with Gasteiger partial charge in [-0.1, -0.05) is 41.9 Å². The predicted octanol–water partition coefficient (Wildman–Crippen LogP) is 4.67. The van der Waals surface area contributed by atoms with Gasteiger partial charge in [0.15, 0.2) is 0 Å². The molecule has 2 aromatic carbocycles. The minimum Gasteiger partial charge on any atom is -0.258 e. The van der Waals surface area contributed by atoms with Gasteiger partial charge in [-0.2, -0.15) is 5.10 Å². The zero-order chi connectivity index (χ0) is 13.2. The Morgan fingerprint density at radius 3 is 2.42 bits per heavy atom. The van der Waals surface area contributed by atoms with Crippen molar-refractivity contribution in [1.29, 1.82) is 0 Å². The lowest BCUT2D eigenvalue weighted by atomic mass is 10.0. The molecule has 0 amide bonds. The highest BCUT2D eigenvalue weighted by atomic mass is 35.5. The molecule has 19 heavy (non-hydrogen) atoms. The van der Waals surface area contributed by atoms with Crippen LogP contribution in [0.25, 0.3) is 0 Å². The molecule has 3 heteroatoms. The second-order valence-electron chi connectivity index (χ2n) is 4.79. The van der Waals surface area contributed by atoms with Crippen LogP contribution in [0, 0.1) is 0 Å². The molecule has 2 nitrogen and oxygen atoms in total. The normalized spacial score (nSPS) is 18.5. The number of hydrogen-bond acceptors (Lipinski definition) is 2. The van der Waals surface area contributed by atoms with Crippen LogP contribution in [-0.2, 0) is 0 Å². The van der Waals surface area contributed by atoms with Crippen molar-refractivity contribution in [2.75, 3.05) is 5.01 Å². The molecule has 1 atom stereocenters. The lowest BCUT2D eigenvalue weighted by molar-refractivity contribution is 0.709. The summed E-state index contributed by atoms with van der Waals surface area (Å²) < 4.78 is 0. The van der Waals surface area contributed by atoms with Gasteiger partial charge in [0.2, 0.25) is 0 Å². The summed E-state index contributed by atoms with van der Waals surface area (Å²) in [5.74, 6) is 0. The maximum absolute atomic E-state index is 5.96. The van der Waals surface area contributed by atoms with Crippen LogP contribution in [0.3, 0.4) is 0 Å². The van der Waals surface area contributed by atoms with Crippen molar-refractivity contribution < 1.29 is 0 Å². The number of rotatable bonds is 2. The molecule has 0 saturated heterocycles. The van der Waals surface area contributed by atoms with Crippen LogP contribution in [0.2, 0.25) is 5.02 Å². The smallest absolute Gasteiger partial charge is 0.0828 e. The SMILES string of the molecule is CC1=NN(c2ccccc2)[C@H](c2ccc(Cl)cc2)C1. The average molecular weight is 271 g/mol. The van der Waals surface area contributed by atoms with E-state index in [1.807, 2.05) is 30.3 Å². The molecule has 0 unspecified atom stereocenters. The molecular weight excluding hydrogens is 256 g/mol. The first-order chi connectivity index (χ1) is 9.24. The standard InChI is InChI=1S/C16H15ClN2/c1-12-11-16(13-7-9-14(17)10-8-13)19(18-12)15-5-3-2-4-6-15/h2-10,16H,11H2,1H3/t16-/m0/s1. The molecular formula is C16H15ClN2. The Morgan fingerprint density at radius 2 is 1.74 bits per heavy atom. The number of hydrogen-bond donors (Lipinski definition) is 0. The second kappa shape index (κ2) is 5.06. The highest BCUT2D eigenvalue weighted by Gasteiger charge is 2.26. The fraction of sp³-hybridized carbons (Fsp3) is 0.188. The van der Waals surface area contributed by atoms with Crippen molar-refractivity contribution in [2.45, 2.75) is 19.4 Å². The van der Waals surface area contributed by atoms with Gasteiger partial charge >= 0.3 is 0 Å². The Morgan fingerprint density at radius 1 is 1.05 bits per heavy atom. The zero-order valence-corrected chi connectivity index (χ0v) is 11.5. The van der Waals surface area contributed by atoms with E-state index in [-0.39, 0.29) is 6.04 Å². The summed E-state index contributed by atoms with van der Waals surface area (Å²) in [5.41, 5.74) is 3.52. The highest BCUT2D eigenvalue weighted by molar-refractivity contribution is 6.30. The fourth-order valence-electron chi connectivity index (χ4n) is 2.42. The quantitative estimate of drug-likeness (QED) is 0.774. The highest BCUT2D eigenvalue weighted by Crippen LogP contribution is 2.35. The summed E-state index contributed by atoms with van der Waals surface area (Å²) in [6.45, 7) is 2.08. The number of nitrogens with zero attached hydrogens (tertiary/aromatic N) is 2. The van der Waals surface area contributed by atoms with Crippen LogP contribution in [0.4, 0.5) is 5.69 Å². The van der Waals surface area contributed by atoms with Crippen LogP contribution in [0.5, 0.6) is 0 Å². The van der Waals surface area contributed by atoms with Crippen LogP contribution in [-0.4, -0.2) is 5.71 Å². The number of anilines is 1. The van der Waals surface area contributed by atoms with Crippen molar-refractivity contribution in [1.82, 2.24) is 0 Å². The molecule has 1 heterocycles. The van der Waals surface area contributed by atoms with Crippen molar-refractivity contribution in [3.8, 4) is 0 Å². The van der Waals surface area contributed by atoms with E-state index in [9.17, 15) is 0 Å². The fourth-order valence-corrected chi connectivity index (χ4v) is 2.55. The van der Waals surface area contributed by atoms with Crippen molar-refractivity contribution in [3.05, 3.63) is 65.2 Å². The topological polar surface area (TPSA) is 15.6 Å². The first-order valence-electron chi connectivity index (χ1n) is 6.38. The summed E-state index contributed by atoms with van der Waals surface area (Å²) >= 11 is 5.96. The third-order valence-corrected chi connectivity index (χ3v) is 3.59. The number of halogens is 1. The van der Waals surface area contributed by atoms with Crippen LogP contribution in [0.15, 0.2) is 59.7 Å². The van der Waals surface area contributed by atoms with Crippen molar-refractivity contribution >= 4 is 23.0 Å². The van der Waals surface area contributed by atoms with E-state index in [4.69, 9.17) is 11.6 Å². The van der Waals surface area contributed by atoms with Gasteiger partial charge in [0.25, 0.3) is 0 Å². The van der Waals surface area contributed by atoms with E-state index in [0.717, 1.165) is 22.8 Å². The average Bonchev–Trinajstić information content (AvgIpc) is 2.83. The third-order valence-electron chi connectivity index (χ3n) is 3.34. The molecule has 1 aliphatic heterocycles. The Hall–Kier alpha value is -1.80. The first kappa shape index (κ1) is 12.2. The zero-order valence-electron chi connectivity index (χ0n) is 10.8. The van der Waals surface area contributed by atoms with E-state index < -0.39 is 0 Å². The lowest BCUT2D eigenvalue weighted by Gasteiger charge is -2.24. The van der Waals surface area contributed by atoms with E-state index in [1.165, 1.54) is 5.56 Å². The number of hydrazone groups is 1. The molecule has 0 radical (unpaired) electrons. The van der Waals surface area contributed by atoms with E-state index in [2.05, 4.69) is 41.3 Å². The molecule has 0 aromatic heterocycles. The summed E-state index contributed by atoms with van der Waals surface area (Å²) in [7, 11) is 0. The van der Waals surface area contributed by atoms with Crippen LogP contribution < -0.4 is 5.01 Å². The molecule has 2 aromatic rings. The Kier molecular flexibility index (Phi) is 3.26. The van der Waals surface area contributed by atoms with Gasteiger partial charge < -0.3 is 0 Å². The Bertz CT molecular complexity index is 590. The summed E-state index contributed by atoms with van der Waals surface area (Å²) in [4.78, 5) is 0. The summed E-state index contributed by atoms with van der Waals surface area (Å²) in [6.07, 6.45) is 0.955. The van der Waals surface area contributed by atoms with Gasteiger partial charge in [-0.15, -0.1) is 0 Å². The monoisotopic (exact) mass is 270 g/mol. The van der Waals surface area contributed by atoms with E-state index in [1.54, 1.807) is 0 Å². The van der Waals surface area contributed by atoms with Gasteiger partial charge in [0.1, 0.15) is 0 Å². The van der Waals surface area contributed by atoms with Gasteiger partial charge in [-0.3, -0.25) is 5.01 Å². The minimum absolute atomic E-state index is 0.264. The maximum atomic E-state index is 5.96. The second-order valence-corrected chi connectivity index (χ2v) is 5.22. The van der Waals surface area contributed by atoms with E-state index >= 15 is 0 Å². The summed E-state index contributed by atoms with van der Waals surface area (Å²) in [5, 5.41) is 7.52. The van der Waals surface area contributed by atoms with Crippen molar-refractivity contribution in [3.63, 3.8) is 0 Å². The Labute approximate surface area is 118 Å². The predicted molar refractivity (Wildman–Crippen MR) is 80.8 cm³/mol. The van der Waals surface area contributed by atoms with Gasteiger partial charge in [-0.05, 0) is 36.8 Å². The Balaban J connectivity index is 1.95. The molecule has 1 aliphatic rings. The van der Waals surface area contributed by atoms with Crippen molar-refractivity contribution in [2.24, 2.45) is 5.10 Å². The first-order valence-corrected chi connectivity index (χ1v) is 6.75. The summed E-state index contributed by atoms with van der Waals surface area (Å²) in [6, 6.07) is 18.6. The van der Waals surface area contributed by atoms with Gasteiger partial charge in [-0.25, -0.2) is 0 Å². The molecule has 96 valence electrons. The van der Waals surface area contributed by atoms with Gasteiger partial charge in [0.05, 0.1) is 11.7 Å². The molecule has 0 fully saturated rings. The van der Waals surface area contributed by atoms with Crippen LogP contribution in [0.1, 0.15) is 24.9 Å². The molecule has 0 aliphatic carbocycles. The minimum atomic E-state index is 0.264. The maximum Gasteiger partial charge on any atom is 0.0828 e. The molecule has 3 rings (SSSR count).